The number of nitrogens with zero attached hydrogens (tertiary/aromatic N) is 1. The third-order valence-electron chi connectivity index (χ3n) is 2.81. The van der Waals surface area contributed by atoms with Gasteiger partial charge < -0.3 is 0 Å². The van der Waals surface area contributed by atoms with E-state index in [9.17, 15) is 10.1 Å². The molecule has 0 bridgehead atoms. The highest BCUT2D eigenvalue weighted by molar-refractivity contribution is 7.10. The monoisotopic (exact) mass is 223 g/mol. The van der Waals surface area contributed by atoms with Crippen molar-refractivity contribution in [3.05, 3.63) is 37.7 Å². The van der Waals surface area contributed by atoms with Gasteiger partial charge in [0.2, 0.25) is 6.20 Å². The SMILES string of the molecule is C[C@@H]1CCc2c(/C=C/[N+](=O)[O-])csc2C1. The van der Waals surface area contributed by atoms with Crippen LogP contribution >= 0.6 is 11.3 Å². The van der Waals surface area contributed by atoms with Crippen LogP contribution in [0.25, 0.3) is 6.08 Å². The lowest BCUT2D eigenvalue weighted by Gasteiger charge is -2.18. The molecule has 0 fully saturated rings. The normalized spacial score (nSPS) is 20.5. The number of hydrogen-bond acceptors (Lipinski definition) is 3. The van der Waals surface area contributed by atoms with Gasteiger partial charge in [-0.15, -0.1) is 11.3 Å². The van der Waals surface area contributed by atoms with Gasteiger partial charge in [0.1, 0.15) is 0 Å². The Bertz CT molecular complexity index is 409. The van der Waals surface area contributed by atoms with Crippen LogP contribution in [-0.2, 0) is 12.8 Å². The van der Waals surface area contributed by atoms with Crippen LogP contribution in [0.4, 0.5) is 0 Å². The summed E-state index contributed by atoms with van der Waals surface area (Å²) in [5.41, 5.74) is 2.37. The zero-order valence-corrected chi connectivity index (χ0v) is 9.42. The van der Waals surface area contributed by atoms with Crippen molar-refractivity contribution in [1.29, 1.82) is 0 Å². The number of nitro groups is 1. The minimum absolute atomic E-state index is 0.407. The Balaban J connectivity index is 2.24. The molecule has 0 aliphatic heterocycles. The average Bonchev–Trinajstić information content (AvgIpc) is 2.57. The first-order chi connectivity index (χ1) is 7.16. The van der Waals surface area contributed by atoms with Gasteiger partial charge in [0.25, 0.3) is 0 Å². The fourth-order valence-electron chi connectivity index (χ4n) is 1.98. The molecule has 1 aliphatic carbocycles. The summed E-state index contributed by atoms with van der Waals surface area (Å²) >= 11 is 1.73. The third kappa shape index (κ3) is 2.26. The van der Waals surface area contributed by atoms with Crippen LogP contribution in [0.3, 0.4) is 0 Å². The molecule has 4 heteroatoms. The smallest absolute Gasteiger partial charge is 0.235 e. The summed E-state index contributed by atoms with van der Waals surface area (Å²) in [5, 5.41) is 12.3. The summed E-state index contributed by atoms with van der Waals surface area (Å²) < 4.78 is 0. The Kier molecular flexibility index (Phi) is 2.86. The van der Waals surface area contributed by atoms with Crippen molar-refractivity contribution in [2.45, 2.75) is 26.2 Å². The molecule has 0 N–H and O–H groups in total. The van der Waals surface area contributed by atoms with Crippen molar-refractivity contribution in [2.24, 2.45) is 5.92 Å². The molecule has 1 atom stereocenters. The molecule has 0 amide bonds. The van der Waals surface area contributed by atoms with Gasteiger partial charge in [0, 0.05) is 11.0 Å². The molecule has 0 aromatic carbocycles. The minimum atomic E-state index is -0.407. The lowest BCUT2D eigenvalue weighted by Crippen LogP contribution is -2.09. The summed E-state index contributed by atoms with van der Waals surface area (Å²) in [6.07, 6.45) is 6.04. The number of rotatable bonds is 2. The van der Waals surface area contributed by atoms with E-state index >= 15 is 0 Å². The Labute approximate surface area is 92.6 Å². The van der Waals surface area contributed by atoms with E-state index in [1.807, 2.05) is 5.38 Å². The van der Waals surface area contributed by atoms with Gasteiger partial charge in [-0.25, -0.2) is 0 Å². The number of fused-ring (bicyclic) bond motifs is 1. The lowest BCUT2D eigenvalue weighted by atomic mass is 9.88. The lowest BCUT2D eigenvalue weighted by molar-refractivity contribution is -0.400. The second-order valence-corrected chi connectivity index (χ2v) is 5.01. The fraction of sp³-hybridized carbons (Fsp3) is 0.455. The van der Waals surface area contributed by atoms with Gasteiger partial charge in [-0.3, -0.25) is 10.1 Å². The summed E-state index contributed by atoms with van der Waals surface area (Å²) in [7, 11) is 0. The zero-order chi connectivity index (χ0) is 10.8. The molecular weight excluding hydrogens is 210 g/mol. The van der Waals surface area contributed by atoms with Gasteiger partial charge in [-0.05, 0) is 41.7 Å². The van der Waals surface area contributed by atoms with Crippen molar-refractivity contribution in [3.8, 4) is 0 Å². The van der Waals surface area contributed by atoms with Crippen molar-refractivity contribution < 1.29 is 4.92 Å². The van der Waals surface area contributed by atoms with Gasteiger partial charge >= 0.3 is 0 Å². The molecule has 1 heterocycles. The molecule has 80 valence electrons. The molecule has 0 spiro atoms. The molecule has 1 aromatic heterocycles. The Morgan fingerprint density at radius 2 is 2.47 bits per heavy atom. The predicted molar refractivity (Wildman–Crippen MR) is 61.5 cm³/mol. The summed E-state index contributed by atoms with van der Waals surface area (Å²) in [6, 6.07) is 0. The van der Waals surface area contributed by atoms with E-state index in [1.165, 1.54) is 16.9 Å². The van der Waals surface area contributed by atoms with Crippen molar-refractivity contribution in [1.82, 2.24) is 0 Å². The molecule has 0 radical (unpaired) electrons. The van der Waals surface area contributed by atoms with E-state index in [2.05, 4.69) is 6.92 Å². The quantitative estimate of drug-likeness (QED) is 0.571. The molecule has 0 saturated heterocycles. The maximum Gasteiger partial charge on any atom is 0.235 e. The molecular formula is C11H13NO2S. The number of thiophene rings is 1. The van der Waals surface area contributed by atoms with Gasteiger partial charge in [0.15, 0.2) is 0 Å². The first-order valence-corrected chi connectivity index (χ1v) is 5.95. The van der Waals surface area contributed by atoms with Crippen LogP contribution in [0.1, 0.15) is 29.3 Å². The molecule has 15 heavy (non-hydrogen) atoms. The van der Waals surface area contributed by atoms with E-state index < -0.39 is 4.92 Å². The Morgan fingerprint density at radius 1 is 1.67 bits per heavy atom. The van der Waals surface area contributed by atoms with Gasteiger partial charge in [0.05, 0.1) is 4.92 Å². The predicted octanol–water partition coefficient (Wildman–Crippen LogP) is 3.12. The van der Waals surface area contributed by atoms with Crippen LogP contribution in [0, 0.1) is 16.0 Å². The minimum Gasteiger partial charge on any atom is -0.259 e. The van der Waals surface area contributed by atoms with E-state index in [0.717, 1.165) is 30.5 Å². The topological polar surface area (TPSA) is 43.1 Å². The molecule has 0 saturated carbocycles. The fourth-order valence-corrected chi connectivity index (χ4v) is 3.22. The van der Waals surface area contributed by atoms with Crippen molar-refractivity contribution >= 4 is 17.4 Å². The second-order valence-electron chi connectivity index (χ2n) is 4.04. The molecule has 1 aromatic rings. The zero-order valence-electron chi connectivity index (χ0n) is 8.60. The summed E-state index contributed by atoms with van der Waals surface area (Å²) in [5.74, 6) is 0.753. The maximum atomic E-state index is 10.2. The second kappa shape index (κ2) is 4.14. The largest absolute Gasteiger partial charge is 0.259 e. The van der Waals surface area contributed by atoms with Crippen molar-refractivity contribution in [3.63, 3.8) is 0 Å². The van der Waals surface area contributed by atoms with Crippen LogP contribution < -0.4 is 0 Å². The van der Waals surface area contributed by atoms with E-state index in [4.69, 9.17) is 0 Å². The summed E-state index contributed by atoms with van der Waals surface area (Å²) in [6.45, 7) is 2.26. The van der Waals surface area contributed by atoms with E-state index in [0.29, 0.717) is 0 Å². The highest BCUT2D eigenvalue weighted by Crippen LogP contribution is 2.33. The highest BCUT2D eigenvalue weighted by atomic mass is 32.1. The highest BCUT2D eigenvalue weighted by Gasteiger charge is 2.18. The first kappa shape index (κ1) is 10.4. The van der Waals surface area contributed by atoms with Gasteiger partial charge in [-0.1, -0.05) is 6.92 Å². The molecule has 1 aliphatic rings. The molecule has 0 unspecified atom stereocenters. The Hall–Kier alpha value is -1.16. The number of hydrogen-bond donors (Lipinski definition) is 0. The average molecular weight is 223 g/mol. The van der Waals surface area contributed by atoms with Crippen molar-refractivity contribution in [2.75, 3.05) is 0 Å². The van der Waals surface area contributed by atoms with Crippen LogP contribution in [-0.4, -0.2) is 4.92 Å². The molecule has 3 nitrogen and oxygen atoms in total. The van der Waals surface area contributed by atoms with Crippen LogP contribution in [0.5, 0.6) is 0 Å². The van der Waals surface area contributed by atoms with E-state index in [1.54, 1.807) is 17.4 Å². The van der Waals surface area contributed by atoms with E-state index in [-0.39, 0.29) is 0 Å². The molecule has 2 rings (SSSR count). The van der Waals surface area contributed by atoms with Gasteiger partial charge in [-0.2, -0.15) is 0 Å². The Morgan fingerprint density at radius 3 is 3.20 bits per heavy atom. The summed E-state index contributed by atoms with van der Waals surface area (Å²) in [4.78, 5) is 11.2. The van der Waals surface area contributed by atoms with Crippen LogP contribution in [0.15, 0.2) is 11.6 Å². The third-order valence-corrected chi connectivity index (χ3v) is 3.88. The maximum absolute atomic E-state index is 10.2. The first-order valence-electron chi connectivity index (χ1n) is 5.07. The standard InChI is InChI=1S/C11H13NO2S/c1-8-2-3-10-9(4-5-12(13)14)7-15-11(10)6-8/h4-5,7-8H,2-3,6H2,1H3/b5-4+/t8-/m1/s1. The van der Waals surface area contributed by atoms with Crippen LogP contribution in [0.2, 0.25) is 0 Å².